The maximum absolute atomic E-state index is 12.1. The van der Waals surface area contributed by atoms with E-state index >= 15 is 0 Å². The predicted molar refractivity (Wildman–Crippen MR) is 91.9 cm³/mol. The molecule has 1 aliphatic rings. The summed E-state index contributed by atoms with van der Waals surface area (Å²) < 4.78 is 30.2. The lowest BCUT2D eigenvalue weighted by molar-refractivity contribution is -0.127. The molecule has 0 aromatic heterocycles. The first-order chi connectivity index (χ1) is 11.1. The van der Waals surface area contributed by atoms with Gasteiger partial charge in [0.2, 0.25) is 15.9 Å². The summed E-state index contributed by atoms with van der Waals surface area (Å²) in [5.41, 5.74) is -0.658. The lowest BCUT2D eigenvalue weighted by Gasteiger charge is -2.35. The Morgan fingerprint density at radius 2 is 2.04 bits per heavy atom. The first-order valence-electron chi connectivity index (χ1n) is 7.66. The second-order valence-electron chi connectivity index (χ2n) is 5.92. The van der Waals surface area contributed by atoms with Crippen LogP contribution in [0.4, 0.5) is 0 Å². The highest BCUT2D eigenvalue weighted by atomic mass is 32.2. The lowest BCUT2D eigenvalue weighted by Crippen LogP contribution is -2.40. The number of carbonyl (C=O) groups excluding carboxylic acids is 1. The average molecular weight is 359 g/mol. The van der Waals surface area contributed by atoms with E-state index in [-0.39, 0.29) is 18.2 Å². The molecule has 0 aliphatic carbocycles. The third kappa shape index (κ3) is 5.41. The summed E-state index contributed by atoms with van der Waals surface area (Å²) >= 11 is 0. The largest absolute Gasteiger partial charge is 0.494 e. The van der Waals surface area contributed by atoms with Crippen molar-refractivity contribution in [3.05, 3.63) is 12.5 Å². The van der Waals surface area contributed by atoms with Crippen LogP contribution in [0.2, 0.25) is 0 Å². The third-order valence-electron chi connectivity index (χ3n) is 4.17. The summed E-state index contributed by atoms with van der Waals surface area (Å²) in [5, 5.41) is 16.4. The van der Waals surface area contributed by atoms with Crippen molar-refractivity contribution in [2.45, 2.75) is 32.6 Å². The standard InChI is InChI=1S/C15H25N3O5S/c1-12(17-13(2)19)18(24(3,21)22)8-4-5-15(14(20)11-16)6-9-23-10-7-15/h11,16,19H,2,4-10H2,1,3H3/b16-11?,17-12+. The SMILES string of the molecule is C=C(O)/N=C(\C)N(CCCC1(C(=O)C=N)CCOCC1)S(C)(=O)=O. The number of rotatable bonds is 8. The minimum atomic E-state index is -3.56. The van der Waals surface area contributed by atoms with E-state index in [1.165, 1.54) is 6.92 Å². The Morgan fingerprint density at radius 3 is 2.50 bits per heavy atom. The van der Waals surface area contributed by atoms with Crippen molar-refractivity contribution in [3.8, 4) is 0 Å². The zero-order chi connectivity index (χ0) is 18.4. The van der Waals surface area contributed by atoms with Crippen LogP contribution in [0.25, 0.3) is 0 Å². The van der Waals surface area contributed by atoms with E-state index in [9.17, 15) is 13.2 Å². The number of aliphatic hydroxyl groups excluding tert-OH is 1. The summed E-state index contributed by atoms with van der Waals surface area (Å²) in [6.07, 6.45) is 3.84. The molecular weight excluding hydrogens is 334 g/mol. The highest BCUT2D eigenvalue weighted by Gasteiger charge is 2.38. The van der Waals surface area contributed by atoms with E-state index in [1.54, 1.807) is 0 Å². The molecule has 0 spiro atoms. The van der Waals surface area contributed by atoms with Crippen LogP contribution < -0.4 is 0 Å². The molecular formula is C15H25N3O5S. The van der Waals surface area contributed by atoms with E-state index in [1.807, 2.05) is 0 Å². The summed E-state index contributed by atoms with van der Waals surface area (Å²) in [4.78, 5) is 15.8. The maximum Gasteiger partial charge on any atom is 0.233 e. The average Bonchev–Trinajstić information content (AvgIpc) is 2.49. The predicted octanol–water partition coefficient (Wildman–Crippen LogP) is 1.49. The van der Waals surface area contributed by atoms with Crippen LogP contribution in [-0.2, 0) is 19.6 Å². The molecule has 1 aliphatic heterocycles. The van der Waals surface area contributed by atoms with E-state index in [2.05, 4.69) is 11.6 Å². The number of aliphatic hydroxyl groups is 1. The van der Waals surface area contributed by atoms with Crippen LogP contribution in [0, 0.1) is 10.8 Å². The smallest absolute Gasteiger partial charge is 0.233 e. The minimum absolute atomic E-state index is 0.115. The second kappa shape index (κ2) is 8.39. The first kappa shape index (κ1) is 20.3. The van der Waals surface area contributed by atoms with Crippen molar-refractivity contribution in [1.29, 1.82) is 5.41 Å². The van der Waals surface area contributed by atoms with Gasteiger partial charge in [0.1, 0.15) is 5.84 Å². The summed E-state index contributed by atoms with van der Waals surface area (Å²) in [6.45, 7) is 5.74. The monoisotopic (exact) mass is 359 g/mol. The molecule has 0 aromatic carbocycles. The van der Waals surface area contributed by atoms with Gasteiger partial charge in [-0.15, -0.1) is 0 Å². The van der Waals surface area contributed by atoms with Crippen molar-refractivity contribution >= 4 is 27.9 Å². The van der Waals surface area contributed by atoms with Gasteiger partial charge < -0.3 is 15.3 Å². The molecule has 1 rings (SSSR count). The number of amidine groups is 1. The Balaban J connectivity index is 2.84. The van der Waals surface area contributed by atoms with Crippen LogP contribution >= 0.6 is 0 Å². The molecule has 0 aromatic rings. The molecule has 0 saturated carbocycles. The molecule has 9 heteroatoms. The molecule has 0 bridgehead atoms. The quantitative estimate of drug-likeness (QED) is 0.386. The molecule has 8 nitrogen and oxygen atoms in total. The Kier molecular flexibility index (Phi) is 7.09. The number of aliphatic imine (C=N–C) groups is 1. The molecule has 1 heterocycles. The zero-order valence-electron chi connectivity index (χ0n) is 14.1. The van der Waals surface area contributed by atoms with Gasteiger partial charge in [0, 0.05) is 25.2 Å². The fraction of sp³-hybridized carbons (Fsp3) is 0.667. The van der Waals surface area contributed by atoms with Gasteiger partial charge in [-0.2, -0.15) is 0 Å². The van der Waals surface area contributed by atoms with Crippen LogP contribution in [0.3, 0.4) is 0 Å². The van der Waals surface area contributed by atoms with Gasteiger partial charge in [-0.05, 0) is 39.2 Å². The Bertz CT molecular complexity index is 621. The number of hydrogen-bond donors (Lipinski definition) is 2. The number of Topliss-reactive ketones (excluding diaryl/α,β-unsaturated/α-hetero) is 1. The lowest BCUT2D eigenvalue weighted by atomic mass is 9.73. The molecule has 1 fully saturated rings. The summed E-state index contributed by atoms with van der Waals surface area (Å²) in [7, 11) is -3.56. The summed E-state index contributed by atoms with van der Waals surface area (Å²) in [5.74, 6) is -0.601. The molecule has 0 atom stereocenters. The van der Waals surface area contributed by atoms with Crippen molar-refractivity contribution in [2.24, 2.45) is 10.4 Å². The Morgan fingerprint density at radius 1 is 1.46 bits per heavy atom. The highest BCUT2D eigenvalue weighted by molar-refractivity contribution is 7.88. The van der Waals surface area contributed by atoms with Crippen molar-refractivity contribution in [2.75, 3.05) is 26.0 Å². The fourth-order valence-corrected chi connectivity index (χ4v) is 3.89. The Hall–Kier alpha value is -1.74. The number of nitrogens with one attached hydrogen (secondary N) is 1. The molecule has 0 unspecified atom stereocenters. The van der Waals surface area contributed by atoms with Gasteiger partial charge >= 0.3 is 0 Å². The molecule has 2 N–H and O–H groups in total. The van der Waals surface area contributed by atoms with Crippen LogP contribution in [-0.4, -0.2) is 61.7 Å². The van der Waals surface area contributed by atoms with Crippen LogP contribution in [0.5, 0.6) is 0 Å². The van der Waals surface area contributed by atoms with Gasteiger partial charge in [-0.3, -0.25) is 9.10 Å². The normalized spacial score (nSPS) is 18.0. The number of ketones is 1. The molecule has 1 saturated heterocycles. The fourth-order valence-electron chi connectivity index (χ4n) is 2.91. The van der Waals surface area contributed by atoms with Gasteiger partial charge in [-0.1, -0.05) is 0 Å². The Labute approximate surface area is 142 Å². The van der Waals surface area contributed by atoms with Gasteiger partial charge in [-0.25, -0.2) is 13.4 Å². The van der Waals surface area contributed by atoms with Gasteiger partial charge in [0.05, 0.1) is 12.5 Å². The third-order valence-corrected chi connectivity index (χ3v) is 5.42. The molecule has 136 valence electrons. The molecule has 24 heavy (non-hydrogen) atoms. The van der Waals surface area contributed by atoms with E-state index in [4.69, 9.17) is 15.3 Å². The topological polar surface area (TPSA) is 120 Å². The van der Waals surface area contributed by atoms with Crippen LogP contribution in [0.1, 0.15) is 32.6 Å². The highest BCUT2D eigenvalue weighted by Crippen LogP contribution is 2.36. The van der Waals surface area contributed by atoms with Crippen molar-refractivity contribution < 1.29 is 23.1 Å². The van der Waals surface area contributed by atoms with E-state index in [0.29, 0.717) is 38.9 Å². The van der Waals surface area contributed by atoms with E-state index in [0.717, 1.165) is 16.8 Å². The maximum atomic E-state index is 12.1. The van der Waals surface area contributed by atoms with Gasteiger partial charge in [0.15, 0.2) is 5.78 Å². The molecule has 0 amide bonds. The van der Waals surface area contributed by atoms with Crippen LogP contribution in [0.15, 0.2) is 17.5 Å². The number of carbonyl (C=O) groups is 1. The first-order valence-corrected chi connectivity index (χ1v) is 9.51. The van der Waals surface area contributed by atoms with E-state index < -0.39 is 21.3 Å². The summed E-state index contributed by atoms with van der Waals surface area (Å²) in [6, 6.07) is 0. The van der Waals surface area contributed by atoms with Crippen molar-refractivity contribution in [1.82, 2.24) is 4.31 Å². The van der Waals surface area contributed by atoms with Crippen molar-refractivity contribution in [3.63, 3.8) is 0 Å². The number of hydrogen-bond acceptors (Lipinski definition) is 7. The van der Waals surface area contributed by atoms with Gasteiger partial charge in [0.25, 0.3) is 0 Å². The molecule has 0 radical (unpaired) electrons. The number of nitrogens with zero attached hydrogens (tertiary/aromatic N) is 2. The number of ether oxygens (including phenoxy) is 1. The zero-order valence-corrected chi connectivity index (χ0v) is 14.9. The minimum Gasteiger partial charge on any atom is -0.494 e. The number of sulfonamides is 1. The second-order valence-corrected chi connectivity index (χ2v) is 7.82.